The van der Waals surface area contributed by atoms with Gasteiger partial charge >= 0.3 is 0 Å². The summed E-state index contributed by atoms with van der Waals surface area (Å²) in [5, 5.41) is 0. The minimum Gasteiger partial charge on any atom is -0.490 e. The first kappa shape index (κ1) is 23.8. The Morgan fingerprint density at radius 3 is 2.31 bits per heavy atom. The van der Waals surface area contributed by atoms with Gasteiger partial charge in [0.2, 0.25) is 5.88 Å². The number of morpholine rings is 1. The molecule has 6 rings (SSSR count). The second-order valence-corrected chi connectivity index (χ2v) is 10.8. The van der Waals surface area contributed by atoms with Crippen LogP contribution in [0, 0.1) is 0 Å². The van der Waals surface area contributed by atoms with Crippen LogP contribution in [0.25, 0.3) is 0 Å². The van der Waals surface area contributed by atoms with Crippen molar-refractivity contribution < 1.29 is 14.2 Å². The van der Waals surface area contributed by atoms with Gasteiger partial charge in [0.25, 0.3) is 0 Å². The van der Waals surface area contributed by atoms with E-state index in [1.165, 1.54) is 38.0 Å². The molecule has 0 unspecified atom stereocenters. The molecule has 2 aromatic rings. The maximum absolute atomic E-state index is 6.36. The number of likely N-dealkylation sites (tertiary alicyclic amines) is 1. The van der Waals surface area contributed by atoms with E-state index in [1.54, 1.807) is 19.5 Å². The highest BCUT2D eigenvalue weighted by Gasteiger charge is 2.40. The normalized spacial score (nSPS) is 23.5. The molecular formula is C28H39N5O3. The van der Waals surface area contributed by atoms with Crippen LogP contribution in [0.1, 0.15) is 44.9 Å². The first-order valence-electron chi connectivity index (χ1n) is 13.7. The number of hydrogen-bond acceptors (Lipinski definition) is 8. The van der Waals surface area contributed by atoms with Crippen molar-refractivity contribution >= 4 is 11.5 Å². The molecular weight excluding hydrogens is 454 g/mol. The molecule has 8 heteroatoms. The Labute approximate surface area is 214 Å². The van der Waals surface area contributed by atoms with Crippen molar-refractivity contribution in [2.45, 2.75) is 62.7 Å². The molecule has 4 heterocycles. The van der Waals surface area contributed by atoms with Gasteiger partial charge in [-0.3, -0.25) is 0 Å². The topological polar surface area (TPSA) is 63.2 Å². The minimum absolute atomic E-state index is 0.117. The summed E-state index contributed by atoms with van der Waals surface area (Å²) in [6, 6.07) is 9.60. The first-order valence-corrected chi connectivity index (χ1v) is 13.7. The Hall–Kier alpha value is -2.58. The first-order chi connectivity index (χ1) is 17.7. The van der Waals surface area contributed by atoms with Crippen molar-refractivity contribution in [3.05, 3.63) is 36.7 Å². The van der Waals surface area contributed by atoms with E-state index in [9.17, 15) is 0 Å². The Balaban J connectivity index is 0.997. The second-order valence-electron chi connectivity index (χ2n) is 10.8. The lowest BCUT2D eigenvalue weighted by Gasteiger charge is -2.48. The molecule has 1 aliphatic carbocycles. The van der Waals surface area contributed by atoms with Crippen LogP contribution in [0.4, 0.5) is 11.5 Å². The lowest BCUT2D eigenvalue weighted by atomic mass is 9.89. The number of rotatable bonds is 6. The van der Waals surface area contributed by atoms with Crippen molar-refractivity contribution in [3.63, 3.8) is 0 Å². The van der Waals surface area contributed by atoms with Crippen molar-refractivity contribution in [2.75, 3.05) is 62.8 Å². The van der Waals surface area contributed by atoms with Gasteiger partial charge in [0.15, 0.2) is 0 Å². The number of ether oxygens (including phenoxy) is 3. The van der Waals surface area contributed by atoms with Crippen LogP contribution in [0.3, 0.4) is 0 Å². The predicted molar refractivity (Wildman–Crippen MR) is 140 cm³/mol. The molecule has 36 heavy (non-hydrogen) atoms. The van der Waals surface area contributed by atoms with Crippen LogP contribution >= 0.6 is 0 Å². The zero-order valence-corrected chi connectivity index (χ0v) is 21.5. The third-order valence-electron chi connectivity index (χ3n) is 8.64. The monoisotopic (exact) mass is 493 g/mol. The molecule has 0 amide bonds. The fraction of sp³-hybridized carbons (Fsp3) is 0.643. The molecule has 194 valence electrons. The van der Waals surface area contributed by atoms with E-state index in [4.69, 9.17) is 14.2 Å². The summed E-state index contributed by atoms with van der Waals surface area (Å²) in [5.74, 6) is 2.44. The van der Waals surface area contributed by atoms with Crippen molar-refractivity contribution in [3.8, 4) is 11.6 Å². The fourth-order valence-corrected chi connectivity index (χ4v) is 6.13. The van der Waals surface area contributed by atoms with Gasteiger partial charge in [0.1, 0.15) is 17.7 Å². The fourth-order valence-electron chi connectivity index (χ4n) is 6.13. The third kappa shape index (κ3) is 5.11. The SMILES string of the molecule is COc1cnc(N2CCOC3(CCN(c4ccc(OC5CCN(C6CCC6)CC5)cc4)CC3)C2)cn1. The van der Waals surface area contributed by atoms with Crippen LogP contribution in [-0.2, 0) is 4.74 Å². The summed E-state index contributed by atoms with van der Waals surface area (Å²) in [6.45, 7) is 6.77. The van der Waals surface area contributed by atoms with Crippen molar-refractivity contribution in [1.29, 1.82) is 0 Å². The highest BCUT2D eigenvalue weighted by molar-refractivity contribution is 5.50. The number of nitrogens with zero attached hydrogens (tertiary/aromatic N) is 5. The number of piperidine rings is 2. The maximum atomic E-state index is 6.36. The molecule has 3 saturated heterocycles. The molecule has 1 saturated carbocycles. The average Bonchev–Trinajstić information content (AvgIpc) is 2.90. The van der Waals surface area contributed by atoms with Crippen LogP contribution in [-0.4, -0.2) is 85.6 Å². The van der Waals surface area contributed by atoms with Gasteiger partial charge in [-0.1, -0.05) is 6.42 Å². The van der Waals surface area contributed by atoms with Crippen LogP contribution < -0.4 is 19.3 Å². The molecule has 0 N–H and O–H groups in total. The van der Waals surface area contributed by atoms with Crippen molar-refractivity contribution in [1.82, 2.24) is 14.9 Å². The van der Waals surface area contributed by atoms with Crippen molar-refractivity contribution in [2.24, 2.45) is 0 Å². The highest BCUT2D eigenvalue weighted by atomic mass is 16.5. The summed E-state index contributed by atoms with van der Waals surface area (Å²) in [6.07, 6.45) is 12.3. The predicted octanol–water partition coefficient (Wildman–Crippen LogP) is 3.76. The summed E-state index contributed by atoms with van der Waals surface area (Å²) >= 11 is 0. The zero-order valence-electron chi connectivity index (χ0n) is 21.5. The standard InChI is InChI=1S/C28H39N5O3/c1-34-27-20-29-26(19-30-27)33-17-18-35-28(21-33)11-15-32(16-12-28)23-5-7-24(8-6-23)36-25-9-13-31(14-10-25)22-3-2-4-22/h5-8,19-20,22,25H,2-4,9-18,21H2,1H3. The number of anilines is 2. The number of hydrogen-bond donors (Lipinski definition) is 0. The van der Waals surface area contributed by atoms with Crippen LogP contribution in [0.2, 0.25) is 0 Å². The van der Waals surface area contributed by atoms with E-state index in [2.05, 4.69) is 48.9 Å². The molecule has 1 aromatic heterocycles. The second kappa shape index (κ2) is 10.4. The summed E-state index contributed by atoms with van der Waals surface area (Å²) in [7, 11) is 1.61. The smallest absolute Gasteiger partial charge is 0.232 e. The van der Waals surface area contributed by atoms with Gasteiger partial charge < -0.3 is 28.9 Å². The lowest BCUT2D eigenvalue weighted by Crippen LogP contribution is -2.57. The van der Waals surface area contributed by atoms with E-state index in [-0.39, 0.29) is 5.60 Å². The average molecular weight is 494 g/mol. The molecule has 0 atom stereocenters. The Kier molecular flexibility index (Phi) is 6.89. The van der Waals surface area contributed by atoms with E-state index in [0.29, 0.717) is 12.0 Å². The summed E-state index contributed by atoms with van der Waals surface area (Å²) < 4.78 is 17.9. The van der Waals surface area contributed by atoms with Gasteiger partial charge in [-0.25, -0.2) is 9.97 Å². The number of benzene rings is 1. The Morgan fingerprint density at radius 2 is 1.67 bits per heavy atom. The van der Waals surface area contributed by atoms with Gasteiger partial charge in [0, 0.05) is 51.0 Å². The molecule has 4 fully saturated rings. The molecule has 0 radical (unpaired) electrons. The summed E-state index contributed by atoms with van der Waals surface area (Å²) in [5.41, 5.74) is 1.15. The number of aromatic nitrogens is 2. The summed E-state index contributed by atoms with van der Waals surface area (Å²) in [4.78, 5) is 16.3. The zero-order chi connectivity index (χ0) is 24.4. The van der Waals surface area contributed by atoms with E-state index >= 15 is 0 Å². The largest absolute Gasteiger partial charge is 0.490 e. The molecule has 4 aliphatic rings. The van der Waals surface area contributed by atoms with Crippen LogP contribution in [0.5, 0.6) is 11.6 Å². The van der Waals surface area contributed by atoms with Gasteiger partial charge in [-0.2, -0.15) is 0 Å². The molecule has 1 aromatic carbocycles. The molecule has 3 aliphatic heterocycles. The van der Waals surface area contributed by atoms with Gasteiger partial charge in [0.05, 0.1) is 31.7 Å². The molecule has 0 bridgehead atoms. The number of methoxy groups -OCH3 is 1. The Morgan fingerprint density at radius 1 is 0.889 bits per heavy atom. The highest BCUT2D eigenvalue weighted by Crippen LogP contribution is 2.34. The lowest BCUT2D eigenvalue weighted by molar-refractivity contribution is -0.0706. The maximum Gasteiger partial charge on any atom is 0.232 e. The van der Waals surface area contributed by atoms with E-state index in [0.717, 1.165) is 76.1 Å². The van der Waals surface area contributed by atoms with Gasteiger partial charge in [-0.15, -0.1) is 0 Å². The quantitative estimate of drug-likeness (QED) is 0.603. The van der Waals surface area contributed by atoms with Crippen LogP contribution in [0.15, 0.2) is 36.7 Å². The van der Waals surface area contributed by atoms with Gasteiger partial charge in [-0.05, 0) is 62.8 Å². The molecule has 1 spiro atoms. The Bertz CT molecular complexity index is 981. The van der Waals surface area contributed by atoms with E-state index in [1.807, 2.05) is 0 Å². The minimum atomic E-state index is -0.117. The van der Waals surface area contributed by atoms with E-state index < -0.39 is 0 Å². The third-order valence-corrected chi connectivity index (χ3v) is 8.64. The molecule has 8 nitrogen and oxygen atoms in total.